The third-order valence-electron chi connectivity index (χ3n) is 2.41. The molecule has 3 aromatic rings. The van der Waals surface area contributed by atoms with Gasteiger partial charge in [0.25, 0.3) is 5.22 Å². The minimum atomic E-state index is 0.639. The van der Waals surface area contributed by atoms with Crippen molar-refractivity contribution in [1.29, 1.82) is 0 Å². The number of aromatic nitrogens is 1. The van der Waals surface area contributed by atoms with Crippen LogP contribution in [0, 0.1) is 0 Å². The van der Waals surface area contributed by atoms with E-state index in [-0.39, 0.29) is 0 Å². The first-order valence-electron chi connectivity index (χ1n) is 5.23. The van der Waals surface area contributed by atoms with Gasteiger partial charge in [-0.1, -0.05) is 23.4 Å². The van der Waals surface area contributed by atoms with E-state index in [0.29, 0.717) is 10.9 Å². The Bertz CT molecular complexity index is 692. The van der Waals surface area contributed by atoms with Crippen molar-refractivity contribution in [3.8, 4) is 0 Å². The minimum absolute atomic E-state index is 0.639. The number of rotatable bonds is 3. The van der Waals surface area contributed by atoms with Gasteiger partial charge < -0.3 is 10.2 Å². The van der Waals surface area contributed by atoms with Crippen LogP contribution in [-0.4, -0.2) is 4.98 Å². The fourth-order valence-electron chi connectivity index (χ4n) is 1.54. The molecule has 2 N–H and O–H groups in total. The fraction of sp³-hybridized carbons (Fsp3) is 0.0833. The first kappa shape index (κ1) is 11.9. The molecule has 92 valence electrons. The second-order valence-corrected chi connectivity index (χ2v) is 6.02. The van der Waals surface area contributed by atoms with Crippen LogP contribution in [0.15, 0.2) is 39.3 Å². The molecule has 0 saturated carbocycles. The Hall–Kier alpha value is -1.17. The maximum absolute atomic E-state index is 6.04. The highest BCUT2D eigenvalue weighted by atomic mass is 35.5. The van der Waals surface area contributed by atoms with Crippen molar-refractivity contribution >= 4 is 51.5 Å². The molecule has 1 aromatic carbocycles. The molecule has 0 amide bonds. The van der Waals surface area contributed by atoms with Crippen molar-refractivity contribution in [1.82, 2.24) is 4.98 Å². The van der Waals surface area contributed by atoms with Gasteiger partial charge in [-0.25, -0.2) is 4.98 Å². The Balaban J connectivity index is 1.81. The zero-order chi connectivity index (χ0) is 12.5. The van der Waals surface area contributed by atoms with Gasteiger partial charge in [-0.3, -0.25) is 0 Å². The molecule has 0 unspecified atom stereocenters. The van der Waals surface area contributed by atoms with Crippen molar-refractivity contribution in [2.24, 2.45) is 0 Å². The number of hydrogen-bond acceptors (Lipinski definition) is 5. The Kier molecular flexibility index (Phi) is 3.20. The number of thioether (sulfide) groups is 1. The van der Waals surface area contributed by atoms with E-state index in [0.717, 1.165) is 26.8 Å². The van der Waals surface area contributed by atoms with Gasteiger partial charge in [0.2, 0.25) is 0 Å². The highest BCUT2D eigenvalue weighted by Crippen LogP contribution is 2.31. The average Bonchev–Trinajstić information content (AvgIpc) is 2.92. The standard InChI is InChI=1S/C12H9ClN2OS2/c13-8-3-4-17-11(8)6-18-12-15-9-2-1-7(14)5-10(9)16-12/h1-5H,6,14H2. The molecule has 3 nitrogen and oxygen atoms in total. The number of fused-ring (bicyclic) bond motifs is 1. The first-order chi connectivity index (χ1) is 8.72. The van der Waals surface area contributed by atoms with Crippen LogP contribution < -0.4 is 5.73 Å². The summed E-state index contributed by atoms with van der Waals surface area (Å²) in [6.07, 6.45) is 0. The number of halogens is 1. The van der Waals surface area contributed by atoms with Crippen LogP contribution in [0.4, 0.5) is 5.69 Å². The van der Waals surface area contributed by atoms with E-state index < -0.39 is 0 Å². The number of nitrogen functional groups attached to an aromatic ring is 1. The lowest BCUT2D eigenvalue weighted by Gasteiger charge is -1.94. The predicted octanol–water partition coefficient (Wildman–Crippen LogP) is 4.42. The molecule has 2 heterocycles. The molecule has 0 atom stereocenters. The number of thiophene rings is 1. The molecule has 18 heavy (non-hydrogen) atoms. The third kappa shape index (κ3) is 2.34. The van der Waals surface area contributed by atoms with Crippen LogP contribution in [0.3, 0.4) is 0 Å². The summed E-state index contributed by atoms with van der Waals surface area (Å²) in [5.74, 6) is 0.763. The van der Waals surface area contributed by atoms with E-state index in [1.807, 2.05) is 23.6 Å². The number of hydrogen-bond donors (Lipinski definition) is 1. The van der Waals surface area contributed by atoms with Crippen LogP contribution in [0.5, 0.6) is 0 Å². The molecule has 0 aliphatic rings. The van der Waals surface area contributed by atoms with Crippen LogP contribution in [0.25, 0.3) is 11.1 Å². The first-order valence-corrected chi connectivity index (χ1v) is 7.47. The van der Waals surface area contributed by atoms with Crippen LogP contribution in [-0.2, 0) is 5.75 Å². The number of nitrogens with zero attached hydrogens (tertiary/aromatic N) is 1. The average molecular weight is 297 g/mol. The summed E-state index contributed by atoms with van der Waals surface area (Å²) >= 11 is 9.20. The Morgan fingerprint density at radius 2 is 2.28 bits per heavy atom. The van der Waals surface area contributed by atoms with Crippen molar-refractivity contribution in [2.75, 3.05) is 5.73 Å². The van der Waals surface area contributed by atoms with Gasteiger partial charge in [-0.05, 0) is 23.6 Å². The summed E-state index contributed by atoms with van der Waals surface area (Å²) in [7, 11) is 0. The maximum atomic E-state index is 6.04. The van der Waals surface area contributed by atoms with Gasteiger partial charge >= 0.3 is 0 Å². The van der Waals surface area contributed by atoms with Gasteiger partial charge in [0.05, 0.1) is 5.02 Å². The lowest BCUT2D eigenvalue weighted by Crippen LogP contribution is -1.81. The van der Waals surface area contributed by atoms with Gasteiger partial charge in [0.15, 0.2) is 5.58 Å². The third-order valence-corrected chi connectivity index (χ3v) is 4.84. The molecule has 0 aliphatic heterocycles. The molecule has 0 radical (unpaired) electrons. The van der Waals surface area contributed by atoms with E-state index in [9.17, 15) is 0 Å². The second-order valence-electron chi connectivity index (χ2n) is 3.69. The fourth-order valence-corrected chi connectivity index (χ4v) is 3.67. The quantitative estimate of drug-likeness (QED) is 0.574. The number of nitrogens with two attached hydrogens (primary N) is 1. The SMILES string of the molecule is Nc1ccc2nc(SCc3sccc3Cl)oc2c1. The summed E-state index contributed by atoms with van der Waals surface area (Å²) in [5.41, 5.74) is 7.91. The van der Waals surface area contributed by atoms with Gasteiger partial charge in [-0.2, -0.15) is 0 Å². The topological polar surface area (TPSA) is 52.0 Å². The smallest absolute Gasteiger partial charge is 0.257 e. The predicted molar refractivity (Wildman–Crippen MR) is 77.3 cm³/mol. The van der Waals surface area contributed by atoms with E-state index in [2.05, 4.69) is 4.98 Å². The molecule has 0 fully saturated rings. The zero-order valence-electron chi connectivity index (χ0n) is 9.22. The van der Waals surface area contributed by atoms with Crippen LogP contribution in [0.2, 0.25) is 5.02 Å². The molecular weight excluding hydrogens is 288 g/mol. The van der Waals surface area contributed by atoms with Gasteiger partial charge in [-0.15, -0.1) is 11.3 Å². The Morgan fingerprint density at radius 3 is 3.06 bits per heavy atom. The van der Waals surface area contributed by atoms with E-state index >= 15 is 0 Å². The van der Waals surface area contributed by atoms with Crippen LogP contribution >= 0.6 is 34.7 Å². The van der Waals surface area contributed by atoms with E-state index in [4.69, 9.17) is 21.8 Å². The monoisotopic (exact) mass is 296 g/mol. The molecule has 0 aliphatic carbocycles. The summed E-state index contributed by atoms with van der Waals surface area (Å²) in [6.45, 7) is 0. The molecule has 0 spiro atoms. The van der Waals surface area contributed by atoms with Crippen molar-refractivity contribution in [2.45, 2.75) is 11.0 Å². The Morgan fingerprint density at radius 1 is 1.39 bits per heavy atom. The van der Waals surface area contributed by atoms with Crippen molar-refractivity contribution < 1.29 is 4.42 Å². The van der Waals surface area contributed by atoms with Crippen LogP contribution in [0.1, 0.15) is 4.88 Å². The normalized spacial score (nSPS) is 11.2. The van der Waals surface area contributed by atoms with Crippen molar-refractivity contribution in [3.05, 3.63) is 39.5 Å². The number of oxazole rings is 1. The summed E-state index contributed by atoms with van der Waals surface area (Å²) in [5, 5.41) is 3.42. The molecule has 0 saturated heterocycles. The van der Waals surface area contributed by atoms with Gasteiger partial charge in [0.1, 0.15) is 5.52 Å². The number of benzene rings is 1. The summed E-state index contributed by atoms with van der Waals surface area (Å²) in [4.78, 5) is 5.51. The Labute approximate surface area is 117 Å². The largest absolute Gasteiger partial charge is 0.431 e. The summed E-state index contributed by atoms with van der Waals surface area (Å²) < 4.78 is 5.62. The molecular formula is C12H9ClN2OS2. The van der Waals surface area contributed by atoms with Crippen molar-refractivity contribution in [3.63, 3.8) is 0 Å². The molecule has 6 heteroatoms. The number of anilines is 1. The molecule has 0 bridgehead atoms. The highest BCUT2D eigenvalue weighted by Gasteiger charge is 2.09. The lowest BCUT2D eigenvalue weighted by molar-refractivity contribution is 0.489. The molecule has 3 rings (SSSR count). The molecule has 2 aromatic heterocycles. The second kappa shape index (κ2) is 4.84. The van der Waals surface area contributed by atoms with Gasteiger partial charge in [0, 0.05) is 22.4 Å². The van der Waals surface area contributed by atoms with E-state index in [1.165, 1.54) is 11.8 Å². The summed E-state index contributed by atoms with van der Waals surface area (Å²) in [6, 6.07) is 7.35. The highest BCUT2D eigenvalue weighted by molar-refractivity contribution is 7.98. The minimum Gasteiger partial charge on any atom is -0.431 e. The lowest BCUT2D eigenvalue weighted by atomic mass is 10.3. The maximum Gasteiger partial charge on any atom is 0.257 e. The van der Waals surface area contributed by atoms with E-state index in [1.54, 1.807) is 17.4 Å². The zero-order valence-corrected chi connectivity index (χ0v) is 11.6.